The Balaban J connectivity index is 0.00000320. The van der Waals surface area contributed by atoms with Crippen molar-refractivity contribution >= 4 is 35.8 Å². The van der Waals surface area contributed by atoms with Crippen LogP contribution in [0, 0.1) is 0 Å². The molecule has 9 heteroatoms. The first-order chi connectivity index (χ1) is 14.2. The van der Waals surface area contributed by atoms with Crippen molar-refractivity contribution in [3.63, 3.8) is 0 Å². The lowest BCUT2D eigenvalue weighted by Gasteiger charge is -2.36. The molecule has 0 aromatic heterocycles. The lowest BCUT2D eigenvalue weighted by atomic mass is 10.1. The standard InChI is InChI=1S/C21H39N5O3.HI/c1-18(27)25-14-12-24(13-15-25)11-8-23-21(22-2)26-9-6-19(7-10-26)29-17-20-5-3-4-16-28-20;/h19-20H,3-17H2,1-2H3,(H,22,23);1H. The molecule has 1 atom stereocenters. The second-order valence-electron chi connectivity index (χ2n) is 8.33. The summed E-state index contributed by atoms with van der Waals surface area (Å²) in [7, 11) is 1.86. The number of likely N-dealkylation sites (tertiary alicyclic amines) is 1. The lowest BCUT2D eigenvalue weighted by molar-refractivity contribution is -0.130. The van der Waals surface area contributed by atoms with Gasteiger partial charge < -0.3 is 24.6 Å². The van der Waals surface area contributed by atoms with Gasteiger partial charge in [0.1, 0.15) is 0 Å². The number of rotatable bonds is 6. The average Bonchev–Trinajstić information content (AvgIpc) is 2.77. The maximum absolute atomic E-state index is 11.4. The first kappa shape index (κ1) is 25.6. The summed E-state index contributed by atoms with van der Waals surface area (Å²) in [6, 6.07) is 0. The van der Waals surface area contributed by atoms with Crippen molar-refractivity contribution in [1.29, 1.82) is 0 Å². The number of ether oxygens (including phenoxy) is 2. The quantitative estimate of drug-likeness (QED) is 0.314. The van der Waals surface area contributed by atoms with Crippen molar-refractivity contribution in [2.45, 2.75) is 51.2 Å². The summed E-state index contributed by atoms with van der Waals surface area (Å²) in [5, 5.41) is 3.51. The topological polar surface area (TPSA) is 69.6 Å². The van der Waals surface area contributed by atoms with Gasteiger partial charge in [-0.25, -0.2) is 0 Å². The van der Waals surface area contributed by atoms with Crippen LogP contribution in [0.1, 0.15) is 39.0 Å². The molecule has 1 unspecified atom stereocenters. The molecule has 0 radical (unpaired) electrons. The van der Waals surface area contributed by atoms with Gasteiger partial charge in [0, 0.05) is 72.9 Å². The highest BCUT2D eigenvalue weighted by Gasteiger charge is 2.24. The fourth-order valence-electron chi connectivity index (χ4n) is 4.36. The van der Waals surface area contributed by atoms with Crippen LogP contribution in [-0.4, -0.2) is 111 Å². The number of nitrogens with one attached hydrogen (secondary N) is 1. The van der Waals surface area contributed by atoms with Crippen molar-refractivity contribution in [3.8, 4) is 0 Å². The van der Waals surface area contributed by atoms with Gasteiger partial charge in [-0.3, -0.25) is 14.7 Å². The van der Waals surface area contributed by atoms with Crippen LogP contribution in [0.4, 0.5) is 0 Å². The summed E-state index contributed by atoms with van der Waals surface area (Å²) < 4.78 is 11.9. The van der Waals surface area contributed by atoms with Crippen LogP contribution in [0.5, 0.6) is 0 Å². The zero-order valence-corrected chi connectivity index (χ0v) is 21.0. The van der Waals surface area contributed by atoms with E-state index in [9.17, 15) is 4.79 Å². The molecule has 3 fully saturated rings. The number of halogens is 1. The number of carbonyl (C=O) groups is 1. The van der Waals surface area contributed by atoms with Gasteiger partial charge in [-0.1, -0.05) is 0 Å². The third-order valence-corrected chi connectivity index (χ3v) is 6.27. The highest BCUT2D eigenvalue weighted by molar-refractivity contribution is 14.0. The lowest BCUT2D eigenvalue weighted by Crippen LogP contribution is -2.51. The number of nitrogens with zero attached hydrogens (tertiary/aromatic N) is 4. The van der Waals surface area contributed by atoms with E-state index >= 15 is 0 Å². The van der Waals surface area contributed by atoms with Crippen molar-refractivity contribution in [3.05, 3.63) is 0 Å². The highest BCUT2D eigenvalue weighted by atomic mass is 127. The van der Waals surface area contributed by atoms with Crippen LogP contribution in [0.3, 0.4) is 0 Å². The van der Waals surface area contributed by atoms with Crippen LogP contribution < -0.4 is 5.32 Å². The second kappa shape index (κ2) is 13.7. The average molecular weight is 537 g/mol. The van der Waals surface area contributed by atoms with Crippen LogP contribution in [0.15, 0.2) is 4.99 Å². The largest absolute Gasteiger partial charge is 0.376 e. The Kier molecular flexibility index (Phi) is 11.7. The third kappa shape index (κ3) is 8.12. The van der Waals surface area contributed by atoms with Crippen molar-refractivity contribution in [2.24, 2.45) is 4.99 Å². The SMILES string of the molecule is CN=C(NCCN1CCN(C(C)=O)CC1)N1CCC(OCC2CCCCO2)CC1.I. The smallest absolute Gasteiger partial charge is 0.219 e. The Bertz CT molecular complexity index is 529. The molecule has 8 nitrogen and oxygen atoms in total. The number of hydrogen-bond donors (Lipinski definition) is 1. The molecule has 1 N–H and O–H groups in total. The van der Waals surface area contributed by atoms with Gasteiger partial charge in [-0.15, -0.1) is 24.0 Å². The summed E-state index contributed by atoms with van der Waals surface area (Å²) in [6.45, 7) is 10.7. The molecule has 30 heavy (non-hydrogen) atoms. The fourth-order valence-corrected chi connectivity index (χ4v) is 4.36. The Morgan fingerprint density at radius 2 is 1.80 bits per heavy atom. The van der Waals surface area contributed by atoms with E-state index < -0.39 is 0 Å². The first-order valence-corrected chi connectivity index (χ1v) is 11.3. The van der Waals surface area contributed by atoms with Gasteiger partial charge in [0.05, 0.1) is 18.8 Å². The minimum Gasteiger partial charge on any atom is -0.376 e. The number of hydrogen-bond acceptors (Lipinski definition) is 5. The molecule has 3 rings (SSSR count). The van der Waals surface area contributed by atoms with Crippen LogP contribution >= 0.6 is 24.0 Å². The maximum atomic E-state index is 11.4. The first-order valence-electron chi connectivity index (χ1n) is 11.3. The Morgan fingerprint density at radius 3 is 2.40 bits per heavy atom. The number of guanidine groups is 1. The second-order valence-corrected chi connectivity index (χ2v) is 8.33. The van der Waals surface area contributed by atoms with Crippen LogP contribution in [0.2, 0.25) is 0 Å². The highest BCUT2D eigenvalue weighted by Crippen LogP contribution is 2.18. The van der Waals surface area contributed by atoms with Gasteiger partial charge in [0.25, 0.3) is 0 Å². The third-order valence-electron chi connectivity index (χ3n) is 6.27. The van der Waals surface area contributed by atoms with Crippen LogP contribution in [0.25, 0.3) is 0 Å². The predicted octanol–water partition coefficient (Wildman–Crippen LogP) is 1.39. The zero-order valence-electron chi connectivity index (χ0n) is 18.7. The zero-order chi connectivity index (χ0) is 20.5. The van der Waals surface area contributed by atoms with Gasteiger partial charge in [-0.2, -0.15) is 0 Å². The molecule has 0 aromatic rings. The molecule has 174 valence electrons. The molecule has 3 heterocycles. The predicted molar refractivity (Wildman–Crippen MR) is 130 cm³/mol. The van der Waals surface area contributed by atoms with E-state index in [-0.39, 0.29) is 29.9 Å². The summed E-state index contributed by atoms with van der Waals surface area (Å²) >= 11 is 0. The Labute approximate surface area is 198 Å². The summed E-state index contributed by atoms with van der Waals surface area (Å²) in [5.41, 5.74) is 0. The van der Waals surface area contributed by atoms with Gasteiger partial charge in [0.2, 0.25) is 5.91 Å². The Morgan fingerprint density at radius 1 is 1.07 bits per heavy atom. The molecule has 1 amide bonds. The van der Waals surface area contributed by atoms with Gasteiger partial charge >= 0.3 is 0 Å². The van der Waals surface area contributed by atoms with Crippen molar-refractivity contribution in [1.82, 2.24) is 20.0 Å². The molecule has 3 saturated heterocycles. The summed E-state index contributed by atoms with van der Waals surface area (Å²) in [5.74, 6) is 1.17. The molecule has 0 bridgehead atoms. The fraction of sp³-hybridized carbons (Fsp3) is 0.905. The van der Waals surface area contributed by atoms with E-state index in [1.54, 1.807) is 6.92 Å². The normalized spacial score (nSPS) is 24.5. The molecule has 0 spiro atoms. The molecule has 3 aliphatic heterocycles. The van der Waals surface area contributed by atoms with E-state index in [0.29, 0.717) is 12.2 Å². The number of aliphatic imine (C=N–C) groups is 1. The Hall–Kier alpha value is -0.650. The number of carbonyl (C=O) groups excluding carboxylic acids is 1. The number of piperidine rings is 1. The number of amides is 1. The van der Waals surface area contributed by atoms with Gasteiger partial charge in [-0.05, 0) is 32.1 Å². The number of piperazine rings is 1. The van der Waals surface area contributed by atoms with Crippen LogP contribution in [-0.2, 0) is 14.3 Å². The molecular weight excluding hydrogens is 497 g/mol. The summed E-state index contributed by atoms with van der Waals surface area (Å²) in [4.78, 5) is 22.6. The molecule has 3 aliphatic rings. The molecule has 0 aromatic carbocycles. The molecule has 0 aliphatic carbocycles. The minimum absolute atomic E-state index is 0. The van der Waals surface area contributed by atoms with E-state index in [0.717, 1.165) is 90.8 Å². The van der Waals surface area contributed by atoms with Crippen molar-refractivity contribution < 1.29 is 14.3 Å². The molecule has 0 saturated carbocycles. The summed E-state index contributed by atoms with van der Waals surface area (Å²) in [6.07, 6.45) is 6.32. The monoisotopic (exact) mass is 537 g/mol. The van der Waals surface area contributed by atoms with E-state index in [4.69, 9.17) is 9.47 Å². The molecular formula is C21H40IN5O3. The van der Waals surface area contributed by atoms with Crippen molar-refractivity contribution in [2.75, 3.05) is 72.6 Å². The van der Waals surface area contributed by atoms with E-state index in [1.165, 1.54) is 12.8 Å². The van der Waals surface area contributed by atoms with E-state index in [2.05, 4.69) is 20.1 Å². The minimum atomic E-state index is 0. The maximum Gasteiger partial charge on any atom is 0.219 e. The van der Waals surface area contributed by atoms with Gasteiger partial charge in [0.15, 0.2) is 5.96 Å². The van der Waals surface area contributed by atoms with E-state index in [1.807, 2.05) is 11.9 Å².